The lowest BCUT2D eigenvalue weighted by atomic mass is 10.1. The van der Waals surface area contributed by atoms with Gasteiger partial charge in [-0.2, -0.15) is 0 Å². The summed E-state index contributed by atoms with van der Waals surface area (Å²) in [7, 11) is 0. The maximum atomic E-state index is 13.2. The third-order valence-corrected chi connectivity index (χ3v) is 6.25. The zero-order chi connectivity index (χ0) is 20.1. The van der Waals surface area contributed by atoms with Gasteiger partial charge in [-0.3, -0.25) is 14.7 Å². The molecule has 3 aliphatic heterocycles. The molecule has 6 rings (SSSR count). The number of fused-ring (bicyclic) bond motifs is 4. The quantitative estimate of drug-likeness (QED) is 0.672. The van der Waals surface area contributed by atoms with Crippen molar-refractivity contribution in [2.24, 2.45) is 0 Å². The molecule has 0 bridgehead atoms. The van der Waals surface area contributed by atoms with Crippen LogP contribution in [0.3, 0.4) is 0 Å². The first-order chi connectivity index (χ1) is 14.8. The molecule has 1 aromatic carbocycles. The summed E-state index contributed by atoms with van der Waals surface area (Å²) in [6.45, 7) is 3.35. The van der Waals surface area contributed by atoms with Gasteiger partial charge in [-0.25, -0.2) is 0 Å². The van der Waals surface area contributed by atoms with Gasteiger partial charge in [0.2, 0.25) is 6.79 Å². The number of hydrogen-bond donors (Lipinski definition) is 0. The molecule has 3 aromatic rings. The lowest BCUT2D eigenvalue weighted by Gasteiger charge is -2.38. The van der Waals surface area contributed by atoms with E-state index in [-0.39, 0.29) is 24.8 Å². The molecule has 30 heavy (non-hydrogen) atoms. The molecule has 1 saturated heterocycles. The summed E-state index contributed by atoms with van der Waals surface area (Å²) in [5.74, 6) is 1.69. The van der Waals surface area contributed by atoms with Crippen molar-refractivity contribution in [1.29, 1.82) is 0 Å². The Morgan fingerprint density at radius 3 is 2.77 bits per heavy atom. The highest BCUT2D eigenvalue weighted by Gasteiger charge is 2.44. The molecule has 0 N–H and O–H groups in total. The molecule has 5 heterocycles. The van der Waals surface area contributed by atoms with Crippen LogP contribution in [0.1, 0.15) is 27.8 Å². The SMILES string of the molecule is O=C1c2cccn2[C@H]2CN(Cc3ccc4c(c3)OCO4)C[C@@H]2N1Cc1ccccn1. The van der Waals surface area contributed by atoms with E-state index in [9.17, 15) is 4.79 Å². The highest BCUT2D eigenvalue weighted by molar-refractivity contribution is 5.94. The number of carbonyl (C=O) groups excluding carboxylic acids is 1. The van der Waals surface area contributed by atoms with E-state index in [2.05, 4.69) is 26.6 Å². The molecule has 7 heteroatoms. The van der Waals surface area contributed by atoms with Gasteiger partial charge in [0.1, 0.15) is 5.69 Å². The molecule has 2 atom stereocenters. The smallest absolute Gasteiger partial charge is 0.271 e. The summed E-state index contributed by atoms with van der Waals surface area (Å²) in [6.07, 6.45) is 3.82. The maximum absolute atomic E-state index is 13.2. The Kier molecular flexibility index (Phi) is 4.02. The molecule has 0 radical (unpaired) electrons. The molecule has 0 aliphatic carbocycles. The van der Waals surface area contributed by atoms with Gasteiger partial charge in [0.15, 0.2) is 11.5 Å². The third kappa shape index (κ3) is 2.85. The van der Waals surface area contributed by atoms with Crippen LogP contribution in [0.2, 0.25) is 0 Å². The van der Waals surface area contributed by atoms with Gasteiger partial charge >= 0.3 is 0 Å². The fourth-order valence-electron chi connectivity index (χ4n) is 4.87. The summed E-state index contributed by atoms with van der Waals surface area (Å²) >= 11 is 0. The Morgan fingerprint density at radius 1 is 0.967 bits per heavy atom. The fourth-order valence-corrected chi connectivity index (χ4v) is 4.87. The van der Waals surface area contributed by atoms with Crippen molar-refractivity contribution in [2.75, 3.05) is 19.9 Å². The monoisotopic (exact) mass is 402 g/mol. The fraction of sp³-hybridized carbons (Fsp3) is 0.304. The molecule has 3 aliphatic rings. The molecule has 0 spiro atoms. The zero-order valence-corrected chi connectivity index (χ0v) is 16.5. The van der Waals surface area contributed by atoms with Crippen LogP contribution in [-0.2, 0) is 13.1 Å². The third-order valence-electron chi connectivity index (χ3n) is 6.25. The van der Waals surface area contributed by atoms with Crippen LogP contribution in [0, 0.1) is 0 Å². The van der Waals surface area contributed by atoms with Crippen LogP contribution in [0.15, 0.2) is 60.9 Å². The second-order valence-electron chi connectivity index (χ2n) is 8.07. The van der Waals surface area contributed by atoms with Gasteiger partial charge < -0.3 is 18.9 Å². The first kappa shape index (κ1) is 17.5. The van der Waals surface area contributed by atoms with Crippen LogP contribution in [-0.4, -0.2) is 51.2 Å². The van der Waals surface area contributed by atoms with Gasteiger partial charge in [-0.15, -0.1) is 0 Å². The molecule has 0 unspecified atom stereocenters. The average Bonchev–Trinajstić information content (AvgIpc) is 3.50. The minimum absolute atomic E-state index is 0.0804. The Balaban J connectivity index is 1.27. The second-order valence-corrected chi connectivity index (χ2v) is 8.07. The van der Waals surface area contributed by atoms with Crippen LogP contribution in [0.25, 0.3) is 0 Å². The average molecular weight is 402 g/mol. The Morgan fingerprint density at radius 2 is 1.87 bits per heavy atom. The number of hydrogen-bond acceptors (Lipinski definition) is 5. The normalized spacial score (nSPS) is 22.3. The van der Waals surface area contributed by atoms with E-state index in [4.69, 9.17) is 9.47 Å². The highest BCUT2D eigenvalue weighted by Crippen LogP contribution is 2.37. The van der Waals surface area contributed by atoms with Crippen molar-refractivity contribution in [3.63, 3.8) is 0 Å². The molecule has 7 nitrogen and oxygen atoms in total. The number of pyridine rings is 1. The first-order valence-electron chi connectivity index (χ1n) is 10.2. The first-order valence-corrected chi connectivity index (χ1v) is 10.2. The number of aromatic nitrogens is 2. The van der Waals surface area contributed by atoms with Crippen LogP contribution >= 0.6 is 0 Å². The summed E-state index contributed by atoms with van der Waals surface area (Å²) in [5.41, 5.74) is 2.86. The largest absolute Gasteiger partial charge is 0.454 e. The number of benzene rings is 1. The molecular formula is C23H22N4O3. The second kappa shape index (κ2) is 6.88. The lowest BCUT2D eigenvalue weighted by Crippen LogP contribution is -2.49. The summed E-state index contributed by atoms with van der Waals surface area (Å²) in [4.78, 5) is 22.1. The number of amides is 1. The molecule has 0 saturated carbocycles. The molecular weight excluding hydrogens is 380 g/mol. The minimum atomic E-state index is 0.0804. The van der Waals surface area contributed by atoms with Crippen molar-refractivity contribution in [3.8, 4) is 11.5 Å². The predicted octanol–water partition coefficient (Wildman–Crippen LogP) is 2.69. The van der Waals surface area contributed by atoms with E-state index in [1.165, 1.54) is 5.56 Å². The van der Waals surface area contributed by atoms with Gasteiger partial charge in [-0.05, 0) is 42.0 Å². The molecule has 1 fully saturated rings. The van der Waals surface area contributed by atoms with E-state index in [1.54, 1.807) is 6.20 Å². The maximum Gasteiger partial charge on any atom is 0.271 e. The standard InChI is InChI=1S/C23H22N4O3/c28-23-18-5-3-9-26(18)19-13-25(11-16-6-7-21-22(10-16)30-15-29-21)14-20(19)27(23)12-17-4-1-2-8-24-17/h1-10,19-20H,11-15H2/t19-,20-/m0/s1. The van der Waals surface area contributed by atoms with E-state index in [1.807, 2.05) is 47.5 Å². The number of rotatable bonds is 4. The van der Waals surface area contributed by atoms with Gasteiger partial charge in [0.25, 0.3) is 5.91 Å². The molecule has 1 amide bonds. The van der Waals surface area contributed by atoms with Crippen LogP contribution < -0.4 is 9.47 Å². The highest BCUT2D eigenvalue weighted by atomic mass is 16.7. The lowest BCUT2D eigenvalue weighted by molar-refractivity contribution is 0.0553. The number of nitrogens with zero attached hydrogens (tertiary/aromatic N) is 4. The number of carbonyl (C=O) groups is 1. The summed E-state index contributed by atoms with van der Waals surface area (Å²) in [5, 5.41) is 0. The van der Waals surface area contributed by atoms with Gasteiger partial charge in [0, 0.05) is 32.0 Å². The Hall–Kier alpha value is -3.32. The van der Waals surface area contributed by atoms with Crippen molar-refractivity contribution < 1.29 is 14.3 Å². The predicted molar refractivity (Wildman–Crippen MR) is 109 cm³/mol. The Labute approximate surface area is 174 Å². The van der Waals surface area contributed by atoms with Crippen molar-refractivity contribution in [1.82, 2.24) is 19.4 Å². The molecule has 2 aromatic heterocycles. The van der Waals surface area contributed by atoms with Gasteiger partial charge in [0.05, 0.1) is 24.3 Å². The molecule has 152 valence electrons. The minimum Gasteiger partial charge on any atom is -0.454 e. The van der Waals surface area contributed by atoms with Crippen LogP contribution in [0.5, 0.6) is 11.5 Å². The Bertz CT molecular complexity index is 1100. The summed E-state index contributed by atoms with van der Waals surface area (Å²) < 4.78 is 13.1. The number of ether oxygens (including phenoxy) is 2. The van der Waals surface area contributed by atoms with E-state index >= 15 is 0 Å². The topological polar surface area (TPSA) is 59.8 Å². The van der Waals surface area contributed by atoms with E-state index in [0.29, 0.717) is 6.54 Å². The van der Waals surface area contributed by atoms with Crippen molar-refractivity contribution in [2.45, 2.75) is 25.2 Å². The number of likely N-dealkylation sites (tertiary alicyclic amines) is 1. The van der Waals surface area contributed by atoms with Crippen molar-refractivity contribution in [3.05, 3.63) is 77.9 Å². The van der Waals surface area contributed by atoms with E-state index in [0.717, 1.165) is 42.5 Å². The zero-order valence-electron chi connectivity index (χ0n) is 16.5. The summed E-state index contributed by atoms with van der Waals surface area (Å²) in [6, 6.07) is 16.2. The van der Waals surface area contributed by atoms with Crippen LogP contribution in [0.4, 0.5) is 0 Å². The van der Waals surface area contributed by atoms with Crippen molar-refractivity contribution >= 4 is 5.91 Å². The van der Waals surface area contributed by atoms with E-state index < -0.39 is 0 Å². The van der Waals surface area contributed by atoms with Gasteiger partial charge in [-0.1, -0.05) is 12.1 Å².